The zero-order valence-electron chi connectivity index (χ0n) is 11.9. The van der Waals surface area contributed by atoms with Crippen LogP contribution in [0.2, 0.25) is 0 Å². The minimum absolute atomic E-state index is 0.428. The Morgan fingerprint density at radius 2 is 1.88 bits per heavy atom. The summed E-state index contributed by atoms with van der Waals surface area (Å²) in [4.78, 5) is 2.75. The van der Waals surface area contributed by atoms with Gasteiger partial charge in [-0.3, -0.25) is 4.90 Å². The number of nitrogens with two attached hydrogens (primary N) is 1. The van der Waals surface area contributed by atoms with Crippen molar-refractivity contribution in [2.45, 2.75) is 77.4 Å². The molecule has 2 rings (SSSR count). The maximum Gasteiger partial charge on any atom is 0.0252 e. The largest absolute Gasteiger partial charge is 0.326 e. The maximum atomic E-state index is 6.40. The van der Waals surface area contributed by atoms with Crippen LogP contribution < -0.4 is 5.73 Å². The van der Waals surface area contributed by atoms with Crippen LogP contribution in [0, 0.1) is 11.8 Å². The second kappa shape index (κ2) is 5.71. The summed E-state index contributed by atoms with van der Waals surface area (Å²) in [6, 6.07) is 1.97. The van der Waals surface area contributed by atoms with Crippen LogP contribution in [0.3, 0.4) is 0 Å². The molecule has 2 N–H and O–H groups in total. The van der Waals surface area contributed by atoms with Gasteiger partial charge >= 0.3 is 0 Å². The molecule has 2 saturated carbocycles. The van der Waals surface area contributed by atoms with E-state index in [0.717, 1.165) is 17.9 Å². The quantitative estimate of drug-likeness (QED) is 0.798. The van der Waals surface area contributed by atoms with Gasteiger partial charge < -0.3 is 5.73 Å². The van der Waals surface area contributed by atoms with Crippen molar-refractivity contribution in [1.82, 2.24) is 4.90 Å². The van der Waals surface area contributed by atoms with Gasteiger partial charge in [0.05, 0.1) is 0 Å². The summed E-state index contributed by atoms with van der Waals surface area (Å²) in [5.41, 5.74) is 6.40. The predicted molar refractivity (Wildman–Crippen MR) is 74.0 cm³/mol. The highest BCUT2D eigenvalue weighted by Crippen LogP contribution is 2.37. The zero-order valence-corrected chi connectivity index (χ0v) is 11.9. The fourth-order valence-electron chi connectivity index (χ4n) is 3.47. The normalized spacial score (nSPS) is 34.6. The third-order valence-electron chi connectivity index (χ3n) is 4.78. The lowest BCUT2D eigenvalue weighted by Crippen LogP contribution is -2.52. The van der Waals surface area contributed by atoms with Crippen molar-refractivity contribution in [1.29, 1.82) is 0 Å². The lowest BCUT2D eigenvalue weighted by Gasteiger charge is -2.42. The van der Waals surface area contributed by atoms with Crippen LogP contribution in [0.15, 0.2) is 0 Å². The van der Waals surface area contributed by atoms with E-state index in [1.807, 2.05) is 0 Å². The van der Waals surface area contributed by atoms with Crippen LogP contribution in [-0.2, 0) is 0 Å². The van der Waals surface area contributed by atoms with E-state index in [1.165, 1.54) is 45.1 Å². The van der Waals surface area contributed by atoms with Crippen molar-refractivity contribution in [2.24, 2.45) is 17.6 Å². The third kappa shape index (κ3) is 3.23. The number of hydrogen-bond acceptors (Lipinski definition) is 2. The Morgan fingerprint density at radius 3 is 2.41 bits per heavy atom. The van der Waals surface area contributed by atoms with Gasteiger partial charge in [0, 0.05) is 18.1 Å². The van der Waals surface area contributed by atoms with Crippen LogP contribution in [0.25, 0.3) is 0 Å². The Morgan fingerprint density at radius 1 is 1.18 bits per heavy atom. The molecule has 100 valence electrons. The molecule has 0 aliphatic heterocycles. The highest BCUT2D eigenvalue weighted by Gasteiger charge is 2.39. The summed E-state index contributed by atoms with van der Waals surface area (Å²) < 4.78 is 0. The van der Waals surface area contributed by atoms with Crippen molar-refractivity contribution >= 4 is 0 Å². The van der Waals surface area contributed by atoms with E-state index < -0.39 is 0 Å². The summed E-state index contributed by atoms with van der Waals surface area (Å²) in [5.74, 6) is 1.73. The average Bonchev–Trinajstić information content (AvgIpc) is 3.10. The molecule has 0 heterocycles. The van der Waals surface area contributed by atoms with Crippen LogP contribution >= 0.6 is 0 Å². The monoisotopic (exact) mass is 238 g/mol. The Labute approximate surface area is 107 Å². The molecule has 0 bridgehead atoms. The first-order valence-electron chi connectivity index (χ1n) is 7.64. The minimum Gasteiger partial charge on any atom is -0.326 e. The fraction of sp³-hybridized carbons (Fsp3) is 1.00. The summed E-state index contributed by atoms with van der Waals surface area (Å²) in [6.45, 7) is 8.30. The molecular formula is C15H30N2. The lowest BCUT2D eigenvalue weighted by molar-refractivity contribution is 0.0899. The maximum absolute atomic E-state index is 6.40. The van der Waals surface area contributed by atoms with Gasteiger partial charge in [0.2, 0.25) is 0 Å². The third-order valence-corrected chi connectivity index (χ3v) is 4.78. The predicted octanol–water partition coefficient (Wildman–Crippen LogP) is 3.01. The molecule has 2 nitrogen and oxygen atoms in total. The molecule has 0 aromatic carbocycles. The second-order valence-electron chi connectivity index (χ2n) is 6.52. The SMILES string of the molecule is CCCN(C1CC1)C1CC(C(C)C)CCC1N. The van der Waals surface area contributed by atoms with Crippen LogP contribution in [0.4, 0.5) is 0 Å². The van der Waals surface area contributed by atoms with Gasteiger partial charge in [-0.1, -0.05) is 20.8 Å². The van der Waals surface area contributed by atoms with Gasteiger partial charge in [-0.05, 0) is 56.9 Å². The molecule has 0 amide bonds. The molecule has 0 spiro atoms. The van der Waals surface area contributed by atoms with Crippen LogP contribution in [0.1, 0.15) is 59.3 Å². The molecule has 2 heteroatoms. The van der Waals surface area contributed by atoms with Gasteiger partial charge in [0.1, 0.15) is 0 Å². The lowest BCUT2D eigenvalue weighted by atomic mass is 9.76. The smallest absolute Gasteiger partial charge is 0.0252 e. The van der Waals surface area contributed by atoms with Crippen LogP contribution in [0.5, 0.6) is 0 Å². The second-order valence-corrected chi connectivity index (χ2v) is 6.52. The topological polar surface area (TPSA) is 29.3 Å². The van der Waals surface area contributed by atoms with Gasteiger partial charge in [0.25, 0.3) is 0 Å². The Bertz CT molecular complexity index is 235. The Hall–Kier alpha value is -0.0800. The Kier molecular flexibility index (Phi) is 4.48. The Balaban J connectivity index is 1.99. The van der Waals surface area contributed by atoms with Crippen molar-refractivity contribution in [3.8, 4) is 0 Å². The molecule has 17 heavy (non-hydrogen) atoms. The first-order valence-corrected chi connectivity index (χ1v) is 7.64. The highest BCUT2D eigenvalue weighted by molar-refractivity contribution is 4.96. The molecule has 3 atom stereocenters. The molecule has 0 aromatic heterocycles. The van der Waals surface area contributed by atoms with E-state index >= 15 is 0 Å². The van der Waals surface area contributed by atoms with E-state index in [1.54, 1.807) is 0 Å². The number of hydrogen-bond donors (Lipinski definition) is 1. The summed E-state index contributed by atoms with van der Waals surface area (Å²) >= 11 is 0. The molecule has 0 saturated heterocycles. The summed E-state index contributed by atoms with van der Waals surface area (Å²) in [6.07, 6.45) is 8.02. The molecule has 0 aromatic rings. The summed E-state index contributed by atoms with van der Waals surface area (Å²) in [7, 11) is 0. The van der Waals surface area contributed by atoms with E-state index in [4.69, 9.17) is 5.73 Å². The van der Waals surface area contributed by atoms with Crippen LogP contribution in [-0.4, -0.2) is 29.6 Å². The molecule has 3 unspecified atom stereocenters. The summed E-state index contributed by atoms with van der Waals surface area (Å²) in [5, 5.41) is 0. The molecule has 0 radical (unpaired) electrons. The molecular weight excluding hydrogens is 208 g/mol. The van der Waals surface area contributed by atoms with E-state index in [9.17, 15) is 0 Å². The first-order chi connectivity index (χ1) is 8.13. The molecule has 2 aliphatic rings. The van der Waals surface area contributed by atoms with E-state index in [2.05, 4.69) is 25.7 Å². The van der Waals surface area contributed by atoms with Crippen molar-refractivity contribution < 1.29 is 0 Å². The number of nitrogens with zero attached hydrogens (tertiary/aromatic N) is 1. The van der Waals surface area contributed by atoms with E-state index in [0.29, 0.717) is 12.1 Å². The van der Waals surface area contributed by atoms with Crippen molar-refractivity contribution in [3.63, 3.8) is 0 Å². The molecule has 2 aliphatic carbocycles. The average molecular weight is 238 g/mol. The van der Waals surface area contributed by atoms with Crippen molar-refractivity contribution in [3.05, 3.63) is 0 Å². The van der Waals surface area contributed by atoms with Gasteiger partial charge in [-0.25, -0.2) is 0 Å². The molecule has 2 fully saturated rings. The standard InChI is InChI=1S/C15H30N2/c1-4-9-17(13-6-7-13)15-10-12(11(2)3)5-8-14(15)16/h11-15H,4-10,16H2,1-3H3. The van der Waals surface area contributed by atoms with Crippen molar-refractivity contribution in [2.75, 3.05) is 6.54 Å². The van der Waals surface area contributed by atoms with Gasteiger partial charge in [0.15, 0.2) is 0 Å². The highest BCUT2D eigenvalue weighted by atomic mass is 15.2. The van der Waals surface area contributed by atoms with Gasteiger partial charge in [-0.2, -0.15) is 0 Å². The number of rotatable bonds is 5. The minimum atomic E-state index is 0.428. The fourth-order valence-corrected chi connectivity index (χ4v) is 3.47. The first kappa shape index (κ1) is 13.4. The van der Waals surface area contributed by atoms with Gasteiger partial charge in [-0.15, -0.1) is 0 Å². The van der Waals surface area contributed by atoms with E-state index in [-0.39, 0.29) is 0 Å². The zero-order chi connectivity index (χ0) is 12.4.